The van der Waals surface area contributed by atoms with E-state index in [1.165, 1.54) is 18.2 Å². The predicted octanol–water partition coefficient (Wildman–Crippen LogP) is 2.91. The van der Waals surface area contributed by atoms with Crippen LogP contribution in [0.1, 0.15) is 15.9 Å². The molecule has 0 aromatic heterocycles. The van der Waals surface area contributed by atoms with E-state index in [4.69, 9.17) is 21.1 Å². The van der Waals surface area contributed by atoms with E-state index in [1.54, 1.807) is 18.2 Å². The third-order valence-corrected chi connectivity index (χ3v) is 3.53. The normalized spacial score (nSPS) is 12.0. The van der Waals surface area contributed by atoms with Gasteiger partial charge in [0.1, 0.15) is 5.56 Å². The van der Waals surface area contributed by atoms with E-state index in [9.17, 15) is 14.9 Å². The summed E-state index contributed by atoms with van der Waals surface area (Å²) in [4.78, 5) is 22.6. The molecule has 0 unspecified atom stereocenters. The molecule has 1 aliphatic heterocycles. The first-order valence-corrected chi connectivity index (χ1v) is 7.03. The molecule has 0 fully saturated rings. The van der Waals surface area contributed by atoms with E-state index in [2.05, 4.69) is 5.32 Å². The van der Waals surface area contributed by atoms with E-state index in [-0.39, 0.29) is 29.6 Å². The lowest BCUT2D eigenvalue weighted by Gasteiger charge is -2.07. The van der Waals surface area contributed by atoms with Crippen molar-refractivity contribution in [2.45, 2.75) is 6.54 Å². The minimum Gasteiger partial charge on any atom is -0.454 e. The number of carbonyl (C=O) groups is 1. The summed E-state index contributed by atoms with van der Waals surface area (Å²) < 4.78 is 10.5. The lowest BCUT2D eigenvalue weighted by molar-refractivity contribution is -0.385. The number of ether oxygens (including phenoxy) is 2. The smallest absolute Gasteiger partial charge is 0.282 e. The highest BCUT2D eigenvalue weighted by atomic mass is 35.5. The molecule has 0 saturated carbocycles. The van der Waals surface area contributed by atoms with Crippen molar-refractivity contribution in [2.75, 3.05) is 6.79 Å². The lowest BCUT2D eigenvalue weighted by atomic mass is 10.1. The molecule has 0 bridgehead atoms. The number of rotatable bonds is 4. The summed E-state index contributed by atoms with van der Waals surface area (Å²) in [6.07, 6.45) is 0. The van der Waals surface area contributed by atoms with Crippen LogP contribution in [-0.2, 0) is 6.54 Å². The molecule has 2 aromatic rings. The molecule has 1 heterocycles. The topological polar surface area (TPSA) is 90.7 Å². The van der Waals surface area contributed by atoms with Gasteiger partial charge >= 0.3 is 0 Å². The van der Waals surface area contributed by atoms with Gasteiger partial charge in [-0.05, 0) is 29.8 Å². The summed E-state index contributed by atoms with van der Waals surface area (Å²) in [5.41, 5.74) is 0.410. The maximum atomic E-state index is 12.2. The first-order valence-electron chi connectivity index (χ1n) is 6.65. The second kappa shape index (κ2) is 6.13. The number of hydrogen-bond donors (Lipinski definition) is 1. The molecule has 0 atom stereocenters. The zero-order valence-electron chi connectivity index (χ0n) is 11.7. The second-order valence-electron chi connectivity index (χ2n) is 4.79. The zero-order valence-corrected chi connectivity index (χ0v) is 12.5. The fourth-order valence-corrected chi connectivity index (χ4v) is 2.35. The maximum Gasteiger partial charge on any atom is 0.282 e. The van der Waals surface area contributed by atoms with E-state index in [0.717, 1.165) is 5.56 Å². The van der Waals surface area contributed by atoms with Gasteiger partial charge in [0.05, 0.1) is 4.92 Å². The third-order valence-electron chi connectivity index (χ3n) is 3.29. The molecule has 0 aliphatic carbocycles. The number of nitro benzene ring substituents is 1. The van der Waals surface area contributed by atoms with Crippen LogP contribution in [0, 0.1) is 10.1 Å². The molecular weight excluding hydrogens is 324 g/mol. The highest BCUT2D eigenvalue weighted by Crippen LogP contribution is 2.32. The van der Waals surface area contributed by atoms with Crippen molar-refractivity contribution in [1.29, 1.82) is 0 Å². The Labute approximate surface area is 135 Å². The van der Waals surface area contributed by atoms with Crippen LogP contribution in [0.4, 0.5) is 5.69 Å². The van der Waals surface area contributed by atoms with Crippen molar-refractivity contribution >= 4 is 23.2 Å². The molecule has 1 aliphatic rings. The Balaban J connectivity index is 1.75. The van der Waals surface area contributed by atoms with Gasteiger partial charge in [-0.15, -0.1) is 0 Å². The number of nitro groups is 1. The number of fused-ring (bicyclic) bond motifs is 1. The van der Waals surface area contributed by atoms with Crippen LogP contribution >= 0.6 is 11.6 Å². The van der Waals surface area contributed by atoms with Crippen molar-refractivity contribution in [3.8, 4) is 11.5 Å². The minimum atomic E-state index is -0.619. The van der Waals surface area contributed by atoms with Gasteiger partial charge in [-0.1, -0.05) is 17.7 Å². The van der Waals surface area contributed by atoms with Gasteiger partial charge < -0.3 is 14.8 Å². The maximum absolute atomic E-state index is 12.2. The SMILES string of the molecule is O=C(NCc1ccc2c(c1)OCO2)c1cc(Cl)ccc1[N+](=O)[O-]. The van der Waals surface area contributed by atoms with Crippen molar-refractivity contribution in [1.82, 2.24) is 5.32 Å². The van der Waals surface area contributed by atoms with E-state index in [1.807, 2.05) is 0 Å². The van der Waals surface area contributed by atoms with E-state index >= 15 is 0 Å². The summed E-state index contributed by atoms with van der Waals surface area (Å²) in [6.45, 7) is 0.360. The Kier molecular flexibility index (Phi) is 4.03. The molecule has 7 nitrogen and oxygen atoms in total. The Bertz CT molecular complexity index is 793. The van der Waals surface area contributed by atoms with Gasteiger partial charge in [0.2, 0.25) is 6.79 Å². The molecule has 2 aromatic carbocycles. The first kappa shape index (κ1) is 15.1. The average Bonchev–Trinajstić information content (AvgIpc) is 2.99. The molecule has 3 rings (SSSR count). The van der Waals surface area contributed by atoms with Crippen LogP contribution < -0.4 is 14.8 Å². The van der Waals surface area contributed by atoms with Crippen LogP contribution in [0.15, 0.2) is 36.4 Å². The van der Waals surface area contributed by atoms with Gasteiger partial charge in [-0.3, -0.25) is 14.9 Å². The number of hydrogen-bond acceptors (Lipinski definition) is 5. The summed E-state index contributed by atoms with van der Waals surface area (Å²) in [7, 11) is 0. The highest BCUT2D eigenvalue weighted by molar-refractivity contribution is 6.31. The number of carbonyl (C=O) groups excluding carboxylic acids is 1. The van der Waals surface area contributed by atoms with Crippen LogP contribution in [0.2, 0.25) is 5.02 Å². The fraction of sp³-hybridized carbons (Fsp3) is 0.133. The molecule has 23 heavy (non-hydrogen) atoms. The minimum absolute atomic E-state index is 0.0803. The van der Waals surface area contributed by atoms with E-state index < -0.39 is 10.8 Å². The van der Waals surface area contributed by atoms with Crippen molar-refractivity contribution < 1.29 is 19.2 Å². The number of halogens is 1. The largest absolute Gasteiger partial charge is 0.454 e. The Morgan fingerprint density at radius 1 is 1.22 bits per heavy atom. The summed E-state index contributed by atoms with van der Waals surface area (Å²) in [6, 6.07) is 9.11. The standard InChI is InChI=1S/C15H11ClN2O5/c16-10-2-3-12(18(20)21)11(6-10)15(19)17-7-9-1-4-13-14(5-9)23-8-22-13/h1-6H,7-8H2,(H,17,19). The molecule has 0 spiro atoms. The zero-order chi connectivity index (χ0) is 16.4. The molecule has 0 saturated heterocycles. The number of nitrogens with one attached hydrogen (secondary N) is 1. The predicted molar refractivity (Wildman–Crippen MR) is 81.8 cm³/mol. The van der Waals surface area contributed by atoms with Crippen molar-refractivity contribution in [3.05, 3.63) is 62.7 Å². The first-order chi connectivity index (χ1) is 11.0. The summed E-state index contributed by atoms with van der Waals surface area (Å²) >= 11 is 5.81. The van der Waals surface area contributed by atoms with Crippen LogP contribution in [0.5, 0.6) is 11.5 Å². The second-order valence-corrected chi connectivity index (χ2v) is 5.23. The molecule has 1 N–H and O–H groups in total. The van der Waals surface area contributed by atoms with Crippen molar-refractivity contribution in [2.24, 2.45) is 0 Å². The van der Waals surface area contributed by atoms with Gasteiger partial charge in [-0.2, -0.15) is 0 Å². The molecule has 118 valence electrons. The Morgan fingerprint density at radius 3 is 2.78 bits per heavy atom. The molecular formula is C15H11ClN2O5. The van der Waals surface area contributed by atoms with Gasteiger partial charge in [-0.25, -0.2) is 0 Å². The summed E-state index contributed by atoms with van der Waals surface area (Å²) in [5, 5.41) is 13.9. The molecule has 8 heteroatoms. The van der Waals surface area contributed by atoms with Crippen LogP contribution in [0.3, 0.4) is 0 Å². The monoisotopic (exact) mass is 334 g/mol. The fourth-order valence-electron chi connectivity index (χ4n) is 2.18. The highest BCUT2D eigenvalue weighted by Gasteiger charge is 2.20. The summed E-state index contributed by atoms with van der Waals surface area (Å²) in [5.74, 6) is 0.674. The quantitative estimate of drug-likeness (QED) is 0.685. The Morgan fingerprint density at radius 2 is 2.00 bits per heavy atom. The Hall–Kier alpha value is -2.80. The number of benzene rings is 2. The third kappa shape index (κ3) is 3.19. The number of amides is 1. The average molecular weight is 335 g/mol. The molecule has 1 amide bonds. The van der Waals surface area contributed by atoms with Gasteiger partial charge in [0.15, 0.2) is 11.5 Å². The van der Waals surface area contributed by atoms with Crippen molar-refractivity contribution in [3.63, 3.8) is 0 Å². The lowest BCUT2D eigenvalue weighted by Crippen LogP contribution is -2.23. The van der Waals surface area contributed by atoms with E-state index in [0.29, 0.717) is 11.5 Å². The van der Waals surface area contributed by atoms with Crippen LogP contribution in [0.25, 0.3) is 0 Å². The van der Waals surface area contributed by atoms with Gasteiger partial charge in [0.25, 0.3) is 11.6 Å². The number of nitrogens with zero attached hydrogens (tertiary/aromatic N) is 1. The van der Waals surface area contributed by atoms with Crippen LogP contribution in [-0.4, -0.2) is 17.6 Å². The molecule has 0 radical (unpaired) electrons. The van der Waals surface area contributed by atoms with Gasteiger partial charge in [0, 0.05) is 17.6 Å².